The molecule has 3 aromatic rings. The van der Waals surface area contributed by atoms with Crippen molar-refractivity contribution in [1.29, 1.82) is 0 Å². The number of benzene rings is 1. The number of halogens is 3. The Morgan fingerprint density at radius 1 is 1.17 bits per heavy atom. The predicted octanol–water partition coefficient (Wildman–Crippen LogP) is 4.68. The highest BCUT2D eigenvalue weighted by atomic mass is 19.4. The molecule has 0 aliphatic carbocycles. The van der Waals surface area contributed by atoms with Gasteiger partial charge in [0.25, 0.3) is 0 Å². The molecule has 0 amide bonds. The normalized spacial score (nSPS) is 13.8. The zero-order chi connectivity index (χ0) is 21.6. The average molecular weight is 419 g/mol. The van der Waals surface area contributed by atoms with Gasteiger partial charge in [-0.3, -0.25) is 4.90 Å². The molecule has 30 heavy (non-hydrogen) atoms. The lowest BCUT2D eigenvalue weighted by Crippen LogP contribution is -2.38. The molecule has 3 heterocycles. The van der Waals surface area contributed by atoms with Crippen molar-refractivity contribution in [2.45, 2.75) is 33.7 Å². The first-order valence-electron chi connectivity index (χ1n) is 9.14. The lowest BCUT2D eigenvalue weighted by Gasteiger charge is -2.30. The van der Waals surface area contributed by atoms with E-state index in [1.54, 1.807) is 32.0 Å². The fourth-order valence-corrected chi connectivity index (χ4v) is 3.35. The number of ether oxygens (including phenoxy) is 1. The van der Waals surface area contributed by atoms with Gasteiger partial charge in [-0.05, 0) is 32.9 Å². The van der Waals surface area contributed by atoms with Gasteiger partial charge in [0.05, 0.1) is 29.8 Å². The van der Waals surface area contributed by atoms with Crippen LogP contribution >= 0.6 is 0 Å². The monoisotopic (exact) mass is 419 g/mol. The van der Waals surface area contributed by atoms with Crippen LogP contribution in [0.5, 0.6) is 5.75 Å². The number of nitrogens with one attached hydrogen (secondary N) is 1. The zero-order valence-electron chi connectivity index (χ0n) is 16.8. The fourth-order valence-electron chi connectivity index (χ4n) is 3.35. The maximum absolute atomic E-state index is 13.4. The molecule has 1 aliphatic rings. The van der Waals surface area contributed by atoms with Crippen LogP contribution in [-0.2, 0) is 6.67 Å². The van der Waals surface area contributed by atoms with E-state index in [1.807, 2.05) is 6.92 Å². The summed E-state index contributed by atoms with van der Waals surface area (Å²) in [5, 5.41) is 3.05. The van der Waals surface area contributed by atoms with E-state index in [0.29, 0.717) is 50.6 Å². The molecular formula is C20H20F3N5O2. The second-order valence-corrected chi connectivity index (χ2v) is 6.96. The van der Waals surface area contributed by atoms with Crippen LogP contribution < -0.4 is 10.1 Å². The third-order valence-corrected chi connectivity index (χ3v) is 5.07. The molecule has 0 unspecified atom stereocenters. The Bertz CT molecular complexity index is 1130. The van der Waals surface area contributed by atoms with Gasteiger partial charge in [0.15, 0.2) is 18.0 Å². The van der Waals surface area contributed by atoms with E-state index in [2.05, 4.69) is 15.3 Å². The minimum absolute atomic E-state index is 0.237. The maximum Gasteiger partial charge on any atom is 0.485 e. The minimum atomic E-state index is -4.51. The first-order valence-corrected chi connectivity index (χ1v) is 9.14. The van der Waals surface area contributed by atoms with Crippen LogP contribution in [0.4, 0.5) is 18.9 Å². The third kappa shape index (κ3) is 3.38. The fraction of sp³-hybridized carbons (Fsp3) is 0.300. The minimum Gasteiger partial charge on any atom is -0.496 e. The Morgan fingerprint density at radius 2 is 1.93 bits per heavy atom. The first kappa shape index (κ1) is 19.9. The van der Waals surface area contributed by atoms with Crippen LogP contribution in [0.25, 0.3) is 17.0 Å². The van der Waals surface area contributed by atoms with Crippen LogP contribution in [-0.4, -0.2) is 32.8 Å². The van der Waals surface area contributed by atoms with E-state index in [4.69, 9.17) is 9.15 Å². The van der Waals surface area contributed by atoms with E-state index < -0.39 is 6.30 Å². The van der Waals surface area contributed by atoms with Crippen molar-refractivity contribution in [3.05, 3.63) is 53.7 Å². The maximum atomic E-state index is 13.4. The molecule has 0 saturated carbocycles. The van der Waals surface area contributed by atoms with E-state index in [9.17, 15) is 13.2 Å². The summed E-state index contributed by atoms with van der Waals surface area (Å²) in [6.45, 7) is 4.99. The summed E-state index contributed by atoms with van der Waals surface area (Å²) in [6.07, 6.45) is -2.14. The number of aromatic nitrogens is 3. The smallest absolute Gasteiger partial charge is 0.485 e. The summed E-state index contributed by atoms with van der Waals surface area (Å²) < 4.78 is 52.7. The van der Waals surface area contributed by atoms with Gasteiger partial charge < -0.3 is 19.0 Å². The van der Waals surface area contributed by atoms with Crippen LogP contribution in [0.3, 0.4) is 0 Å². The first-order chi connectivity index (χ1) is 14.2. The molecule has 2 aromatic heterocycles. The number of anilines is 1. The van der Waals surface area contributed by atoms with E-state index in [0.717, 1.165) is 6.20 Å². The Hall–Kier alpha value is -3.43. The van der Waals surface area contributed by atoms with Gasteiger partial charge in [0.2, 0.25) is 0 Å². The highest BCUT2D eigenvalue weighted by molar-refractivity contribution is 5.78. The molecule has 158 valence electrons. The van der Waals surface area contributed by atoms with Crippen LogP contribution in [0.2, 0.25) is 0 Å². The molecule has 1 aliphatic heterocycles. The Kier molecular flexibility index (Phi) is 4.71. The van der Waals surface area contributed by atoms with Gasteiger partial charge in [-0.25, -0.2) is 9.97 Å². The number of hydrogen-bond acceptors (Lipinski definition) is 6. The lowest BCUT2D eigenvalue weighted by atomic mass is 10.1. The van der Waals surface area contributed by atoms with Crippen LogP contribution in [0.15, 0.2) is 35.2 Å². The Balaban J connectivity index is 1.73. The quantitative estimate of drug-likeness (QED) is 0.620. The zero-order valence-corrected chi connectivity index (χ0v) is 16.8. The van der Waals surface area contributed by atoms with Gasteiger partial charge in [0, 0.05) is 23.6 Å². The van der Waals surface area contributed by atoms with Crippen molar-refractivity contribution >= 4 is 11.4 Å². The van der Waals surface area contributed by atoms with Gasteiger partial charge >= 0.3 is 6.30 Å². The van der Waals surface area contributed by atoms with Crippen LogP contribution in [0, 0.1) is 20.8 Å². The second-order valence-electron chi connectivity index (χ2n) is 6.96. The number of aryl methyl sites for hydroxylation is 2. The topological polar surface area (TPSA) is 68.3 Å². The summed E-state index contributed by atoms with van der Waals surface area (Å²) >= 11 is 0. The number of oxazole rings is 1. The van der Waals surface area contributed by atoms with Crippen molar-refractivity contribution < 1.29 is 22.3 Å². The second kappa shape index (κ2) is 7.12. The molecule has 0 spiro atoms. The van der Waals surface area contributed by atoms with Gasteiger partial charge in [-0.2, -0.15) is 13.2 Å². The van der Waals surface area contributed by atoms with Gasteiger partial charge in [0.1, 0.15) is 12.4 Å². The summed E-state index contributed by atoms with van der Waals surface area (Å²) in [6, 6.07) is 5.19. The number of hydrogen-bond donors (Lipinski definition) is 1. The Labute approximate surface area is 170 Å². The SMILES string of the molecule is COc1cc(NC2=CN(C(F)(F)F)Cn3c2nc(C)c3C)ccc1-c1ocnc1C. The summed E-state index contributed by atoms with van der Waals surface area (Å²) in [5.41, 5.74) is 3.54. The molecule has 1 N–H and O–H groups in total. The van der Waals surface area contributed by atoms with Gasteiger partial charge in [-0.1, -0.05) is 0 Å². The van der Waals surface area contributed by atoms with E-state index >= 15 is 0 Å². The van der Waals surface area contributed by atoms with E-state index in [-0.39, 0.29) is 12.4 Å². The molecule has 7 nitrogen and oxygen atoms in total. The summed E-state index contributed by atoms with van der Waals surface area (Å²) in [4.78, 5) is 8.84. The molecule has 4 rings (SSSR count). The third-order valence-electron chi connectivity index (χ3n) is 5.07. The molecule has 0 radical (unpaired) electrons. The number of fused-ring (bicyclic) bond motifs is 1. The van der Waals surface area contributed by atoms with E-state index in [1.165, 1.54) is 18.1 Å². The number of nitrogens with zero attached hydrogens (tertiary/aromatic N) is 4. The molecule has 0 atom stereocenters. The molecule has 0 bridgehead atoms. The van der Waals surface area contributed by atoms with Crippen LogP contribution in [0.1, 0.15) is 22.9 Å². The van der Waals surface area contributed by atoms with Crippen molar-refractivity contribution in [1.82, 2.24) is 19.4 Å². The molecule has 10 heteroatoms. The predicted molar refractivity (Wildman–Crippen MR) is 104 cm³/mol. The highest BCUT2D eigenvalue weighted by Crippen LogP contribution is 2.36. The molecular weight excluding hydrogens is 399 g/mol. The molecule has 0 saturated heterocycles. The van der Waals surface area contributed by atoms with Crippen molar-refractivity contribution in [2.75, 3.05) is 12.4 Å². The average Bonchev–Trinajstić information content (AvgIpc) is 3.24. The molecule has 1 aromatic carbocycles. The number of imidazole rings is 1. The summed E-state index contributed by atoms with van der Waals surface area (Å²) in [5.74, 6) is 1.51. The summed E-state index contributed by atoms with van der Waals surface area (Å²) in [7, 11) is 1.51. The number of alkyl halides is 3. The molecule has 0 fully saturated rings. The van der Waals surface area contributed by atoms with Crippen molar-refractivity contribution in [3.8, 4) is 17.1 Å². The van der Waals surface area contributed by atoms with Crippen molar-refractivity contribution in [3.63, 3.8) is 0 Å². The standard InChI is InChI=1S/C20H20F3N5O2/c1-11-13(3)28-10-27(20(21,22)23)8-16(19(28)25-11)26-14-5-6-15(17(7-14)29-4)18-12(2)24-9-30-18/h5-9,26H,10H2,1-4H3. The van der Waals surface area contributed by atoms with Crippen molar-refractivity contribution in [2.24, 2.45) is 0 Å². The largest absolute Gasteiger partial charge is 0.496 e. The lowest BCUT2D eigenvalue weighted by molar-refractivity contribution is -0.237. The van der Waals surface area contributed by atoms with Gasteiger partial charge in [-0.15, -0.1) is 0 Å². The Morgan fingerprint density at radius 3 is 2.57 bits per heavy atom. The highest BCUT2D eigenvalue weighted by Gasteiger charge is 2.39. The number of rotatable bonds is 4. The number of methoxy groups -OCH3 is 1.